The highest BCUT2D eigenvalue weighted by atomic mass is 16.5. The molecule has 0 saturated carbocycles. The van der Waals surface area contributed by atoms with E-state index in [4.69, 9.17) is 4.74 Å². The predicted octanol–water partition coefficient (Wildman–Crippen LogP) is 1.33. The van der Waals surface area contributed by atoms with Gasteiger partial charge in [-0.15, -0.1) is 0 Å². The first-order valence-corrected chi connectivity index (χ1v) is 8.22. The molecule has 6 nitrogen and oxygen atoms in total. The molecule has 22 heavy (non-hydrogen) atoms. The van der Waals surface area contributed by atoms with Crippen LogP contribution in [0.5, 0.6) is 0 Å². The molecule has 2 aliphatic rings. The second kappa shape index (κ2) is 7.05. The lowest BCUT2D eigenvalue weighted by Crippen LogP contribution is -2.53. The summed E-state index contributed by atoms with van der Waals surface area (Å²) in [6.07, 6.45) is 6.46. The Labute approximate surface area is 131 Å². The Kier molecular flexibility index (Phi) is 4.87. The molecule has 2 saturated heterocycles. The normalized spacial score (nSPS) is 26.0. The third-order valence-electron chi connectivity index (χ3n) is 4.59. The molecule has 2 aliphatic heterocycles. The Morgan fingerprint density at radius 1 is 1.27 bits per heavy atom. The largest absolute Gasteiger partial charge is 0.377 e. The molecule has 1 aromatic rings. The van der Waals surface area contributed by atoms with Crippen LogP contribution in [0.4, 0.5) is 5.95 Å². The van der Waals surface area contributed by atoms with Crippen molar-refractivity contribution in [2.24, 2.45) is 5.92 Å². The van der Waals surface area contributed by atoms with Crippen molar-refractivity contribution in [3.63, 3.8) is 0 Å². The molecule has 120 valence electrons. The zero-order chi connectivity index (χ0) is 15.4. The van der Waals surface area contributed by atoms with Crippen molar-refractivity contribution in [1.82, 2.24) is 14.9 Å². The average Bonchev–Trinajstić information content (AvgIpc) is 2.62. The van der Waals surface area contributed by atoms with E-state index < -0.39 is 0 Å². The number of hydrogen-bond acceptors (Lipinski definition) is 5. The lowest BCUT2D eigenvalue weighted by molar-refractivity contribution is -0.145. The summed E-state index contributed by atoms with van der Waals surface area (Å²) in [7, 11) is 0. The van der Waals surface area contributed by atoms with Crippen molar-refractivity contribution in [3.05, 3.63) is 18.5 Å². The van der Waals surface area contributed by atoms with Crippen molar-refractivity contribution >= 4 is 11.9 Å². The van der Waals surface area contributed by atoms with Crippen LogP contribution in [0.1, 0.15) is 26.2 Å². The molecule has 0 aliphatic carbocycles. The SMILES string of the molecule is CC[C@H]1OCCC[C@@H]1C(=O)N1CCN(c2ncccn2)CC1. The number of hydrogen-bond donors (Lipinski definition) is 0. The number of anilines is 1. The van der Waals surface area contributed by atoms with Crippen molar-refractivity contribution in [1.29, 1.82) is 0 Å². The number of piperazine rings is 1. The Hall–Kier alpha value is -1.69. The van der Waals surface area contributed by atoms with Gasteiger partial charge in [0.05, 0.1) is 12.0 Å². The molecule has 0 aromatic carbocycles. The van der Waals surface area contributed by atoms with Gasteiger partial charge in [-0.2, -0.15) is 0 Å². The number of carbonyl (C=O) groups is 1. The van der Waals surface area contributed by atoms with Crippen molar-refractivity contribution < 1.29 is 9.53 Å². The number of rotatable bonds is 3. The highest BCUT2D eigenvalue weighted by molar-refractivity contribution is 5.79. The highest BCUT2D eigenvalue weighted by Crippen LogP contribution is 2.25. The van der Waals surface area contributed by atoms with Gasteiger partial charge in [0, 0.05) is 45.2 Å². The summed E-state index contributed by atoms with van der Waals surface area (Å²) in [5.74, 6) is 1.06. The van der Waals surface area contributed by atoms with E-state index in [-0.39, 0.29) is 17.9 Å². The van der Waals surface area contributed by atoms with Crippen molar-refractivity contribution in [2.75, 3.05) is 37.7 Å². The zero-order valence-electron chi connectivity index (χ0n) is 13.1. The van der Waals surface area contributed by atoms with Gasteiger partial charge in [0.2, 0.25) is 11.9 Å². The zero-order valence-corrected chi connectivity index (χ0v) is 13.1. The molecule has 3 rings (SSSR count). The van der Waals surface area contributed by atoms with E-state index in [9.17, 15) is 4.79 Å². The van der Waals surface area contributed by atoms with Crippen LogP contribution in [-0.4, -0.2) is 59.7 Å². The molecular formula is C16H24N4O2. The van der Waals surface area contributed by atoms with E-state index in [0.29, 0.717) is 0 Å². The molecule has 2 fully saturated rings. The summed E-state index contributed by atoms with van der Waals surface area (Å²) in [6, 6.07) is 1.82. The van der Waals surface area contributed by atoms with Gasteiger partial charge in [0.15, 0.2) is 0 Å². The maximum absolute atomic E-state index is 12.8. The highest BCUT2D eigenvalue weighted by Gasteiger charge is 2.34. The van der Waals surface area contributed by atoms with Gasteiger partial charge >= 0.3 is 0 Å². The predicted molar refractivity (Wildman–Crippen MR) is 83.6 cm³/mol. The molecule has 1 aromatic heterocycles. The molecule has 1 amide bonds. The van der Waals surface area contributed by atoms with Crippen LogP contribution in [0.2, 0.25) is 0 Å². The summed E-state index contributed by atoms with van der Waals surface area (Å²) in [6.45, 7) is 5.96. The molecule has 2 atom stereocenters. The third kappa shape index (κ3) is 3.21. The quantitative estimate of drug-likeness (QED) is 0.843. The molecular weight excluding hydrogens is 280 g/mol. The Morgan fingerprint density at radius 2 is 2.00 bits per heavy atom. The lowest BCUT2D eigenvalue weighted by Gasteiger charge is -2.39. The van der Waals surface area contributed by atoms with Crippen LogP contribution >= 0.6 is 0 Å². The summed E-state index contributed by atoms with van der Waals surface area (Å²) in [5, 5.41) is 0. The minimum atomic E-state index is 0.0401. The fraction of sp³-hybridized carbons (Fsp3) is 0.688. The summed E-state index contributed by atoms with van der Waals surface area (Å²) in [4.78, 5) is 25.4. The Morgan fingerprint density at radius 3 is 2.68 bits per heavy atom. The number of aromatic nitrogens is 2. The molecule has 0 spiro atoms. The van der Waals surface area contributed by atoms with E-state index in [0.717, 1.165) is 58.0 Å². The smallest absolute Gasteiger partial charge is 0.228 e. The molecule has 6 heteroatoms. The van der Waals surface area contributed by atoms with Crippen LogP contribution in [0.3, 0.4) is 0 Å². The maximum atomic E-state index is 12.8. The summed E-state index contributed by atoms with van der Waals surface area (Å²) >= 11 is 0. The Balaban J connectivity index is 1.57. The second-order valence-electron chi connectivity index (χ2n) is 5.93. The lowest BCUT2D eigenvalue weighted by atomic mass is 9.91. The summed E-state index contributed by atoms with van der Waals surface area (Å²) < 4.78 is 5.76. The second-order valence-corrected chi connectivity index (χ2v) is 5.93. The molecule has 0 N–H and O–H groups in total. The minimum absolute atomic E-state index is 0.0401. The summed E-state index contributed by atoms with van der Waals surface area (Å²) in [5.41, 5.74) is 0. The van der Waals surface area contributed by atoms with Crippen molar-refractivity contribution in [3.8, 4) is 0 Å². The number of nitrogens with zero attached hydrogens (tertiary/aromatic N) is 4. The van der Waals surface area contributed by atoms with E-state index in [1.807, 2.05) is 11.0 Å². The third-order valence-corrected chi connectivity index (χ3v) is 4.59. The van der Waals surface area contributed by atoms with Gasteiger partial charge in [-0.25, -0.2) is 9.97 Å². The van der Waals surface area contributed by atoms with Crippen LogP contribution in [0.25, 0.3) is 0 Å². The fourth-order valence-electron chi connectivity index (χ4n) is 3.34. The fourth-order valence-corrected chi connectivity index (χ4v) is 3.34. The van der Waals surface area contributed by atoms with E-state index in [1.165, 1.54) is 0 Å². The van der Waals surface area contributed by atoms with Crippen LogP contribution < -0.4 is 4.90 Å². The van der Waals surface area contributed by atoms with Gasteiger partial charge in [-0.3, -0.25) is 4.79 Å². The van der Waals surface area contributed by atoms with Gasteiger partial charge in [0.1, 0.15) is 0 Å². The van der Waals surface area contributed by atoms with Gasteiger partial charge in [-0.05, 0) is 25.3 Å². The molecule has 3 heterocycles. The standard InChI is InChI=1S/C16H24N4O2/c1-2-14-13(5-3-12-22-14)15(21)19-8-10-20(11-9-19)16-17-6-4-7-18-16/h4,6-7,13-14H,2-3,5,8-12H2,1H3/t13-,14+/m0/s1. The van der Waals surface area contributed by atoms with E-state index >= 15 is 0 Å². The minimum Gasteiger partial charge on any atom is -0.377 e. The average molecular weight is 304 g/mol. The van der Waals surface area contributed by atoms with Crippen LogP contribution in [0.15, 0.2) is 18.5 Å². The van der Waals surface area contributed by atoms with Gasteiger partial charge in [-0.1, -0.05) is 6.92 Å². The van der Waals surface area contributed by atoms with Gasteiger partial charge < -0.3 is 14.5 Å². The van der Waals surface area contributed by atoms with E-state index in [2.05, 4.69) is 21.8 Å². The first kappa shape index (κ1) is 15.2. The maximum Gasteiger partial charge on any atom is 0.228 e. The monoisotopic (exact) mass is 304 g/mol. The van der Waals surface area contributed by atoms with Gasteiger partial charge in [0.25, 0.3) is 0 Å². The first-order chi connectivity index (χ1) is 10.8. The van der Waals surface area contributed by atoms with Crippen molar-refractivity contribution in [2.45, 2.75) is 32.3 Å². The topological polar surface area (TPSA) is 58.6 Å². The number of ether oxygens (including phenoxy) is 1. The number of amides is 1. The number of carbonyl (C=O) groups excluding carboxylic acids is 1. The van der Waals surface area contributed by atoms with Crippen LogP contribution in [-0.2, 0) is 9.53 Å². The molecule has 0 unspecified atom stereocenters. The van der Waals surface area contributed by atoms with Crippen LogP contribution in [0, 0.1) is 5.92 Å². The van der Waals surface area contributed by atoms with E-state index in [1.54, 1.807) is 12.4 Å². The molecule has 0 radical (unpaired) electrons. The Bertz CT molecular complexity index is 488. The first-order valence-electron chi connectivity index (χ1n) is 8.22. The molecule has 0 bridgehead atoms.